The van der Waals surface area contributed by atoms with Gasteiger partial charge in [0, 0.05) is 28.4 Å². The summed E-state index contributed by atoms with van der Waals surface area (Å²) in [5.74, 6) is -0.458. The summed E-state index contributed by atoms with van der Waals surface area (Å²) >= 11 is 0. The highest BCUT2D eigenvalue weighted by atomic mass is 16.2. The first-order valence-electron chi connectivity index (χ1n) is 7.86. The van der Waals surface area contributed by atoms with Gasteiger partial charge in [-0.15, -0.1) is 0 Å². The van der Waals surface area contributed by atoms with E-state index in [-0.39, 0.29) is 17.6 Å². The van der Waals surface area contributed by atoms with E-state index in [1.807, 2.05) is 0 Å². The lowest BCUT2D eigenvalue weighted by molar-refractivity contribution is 0.0948. The van der Waals surface area contributed by atoms with Crippen molar-refractivity contribution in [3.05, 3.63) is 65.2 Å². The monoisotopic (exact) mass is 322 g/mol. The molecule has 24 heavy (non-hydrogen) atoms. The van der Waals surface area contributed by atoms with Gasteiger partial charge in [-0.25, -0.2) is 0 Å². The molecule has 2 aromatic rings. The highest BCUT2D eigenvalue weighted by Gasteiger charge is 2.23. The number of hydrogen-bond acceptors (Lipinski definition) is 3. The van der Waals surface area contributed by atoms with E-state index in [4.69, 9.17) is 0 Å². The fourth-order valence-corrected chi connectivity index (χ4v) is 2.29. The molecule has 2 amide bonds. The summed E-state index contributed by atoms with van der Waals surface area (Å²) in [6.45, 7) is 1.48. The van der Waals surface area contributed by atoms with Crippen LogP contribution in [0, 0.1) is 0 Å². The molecule has 5 heteroatoms. The van der Waals surface area contributed by atoms with Crippen LogP contribution in [0.15, 0.2) is 48.5 Å². The van der Waals surface area contributed by atoms with Crippen molar-refractivity contribution >= 4 is 23.3 Å². The van der Waals surface area contributed by atoms with Crippen LogP contribution < -0.4 is 10.6 Å². The summed E-state index contributed by atoms with van der Waals surface area (Å²) < 4.78 is 0. The van der Waals surface area contributed by atoms with E-state index in [9.17, 15) is 14.4 Å². The Labute approximate surface area is 140 Å². The first-order chi connectivity index (χ1) is 11.5. The Bertz CT molecular complexity index is 793. The van der Waals surface area contributed by atoms with Crippen molar-refractivity contribution in [2.45, 2.75) is 25.8 Å². The van der Waals surface area contributed by atoms with E-state index in [1.165, 1.54) is 6.92 Å². The molecule has 2 aromatic carbocycles. The summed E-state index contributed by atoms with van der Waals surface area (Å²) in [6.07, 6.45) is 2.07. The number of anilines is 1. The highest BCUT2D eigenvalue weighted by molar-refractivity contribution is 6.05. The number of carbonyl (C=O) groups excluding carboxylic acids is 3. The largest absolute Gasteiger partial charge is 0.349 e. The molecule has 2 N–H and O–H groups in total. The standard InChI is InChI=1S/C19H18N2O3/c1-12(22)15-3-2-4-17(11-15)21-19(24)14-7-5-13(6-8-14)18(23)20-16-9-10-16/h2-8,11,16H,9-10H2,1H3,(H,20,23)(H,21,24). The number of Topliss-reactive ketones (excluding diaryl/α,β-unsaturated/α-hetero) is 1. The molecule has 0 heterocycles. The van der Waals surface area contributed by atoms with Crippen LogP contribution in [-0.2, 0) is 0 Å². The highest BCUT2D eigenvalue weighted by Crippen LogP contribution is 2.19. The predicted octanol–water partition coefficient (Wildman–Crippen LogP) is 3.03. The number of benzene rings is 2. The number of amides is 2. The van der Waals surface area contributed by atoms with Gasteiger partial charge >= 0.3 is 0 Å². The smallest absolute Gasteiger partial charge is 0.255 e. The van der Waals surface area contributed by atoms with E-state index in [1.54, 1.807) is 48.5 Å². The van der Waals surface area contributed by atoms with E-state index in [0.717, 1.165) is 12.8 Å². The molecule has 1 aliphatic rings. The molecular formula is C19H18N2O3. The lowest BCUT2D eigenvalue weighted by Gasteiger charge is -2.07. The Morgan fingerprint density at radius 2 is 1.50 bits per heavy atom. The molecule has 0 saturated heterocycles. The molecule has 1 saturated carbocycles. The number of rotatable bonds is 5. The number of ketones is 1. The van der Waals surface area contributed by atoms with Gasteiger partial charge in [0.25, 0.3) is 11.8 Å². The van der Waals surface area contributed by atoms with Crippen molar-refractivity contribution < 1.29 is 14.4 Å². The van der Waals surface area contributed by atoms with Crippen LogP contribution in [0.4, 0.5) is 5.69 Å². The lowest BCUT2D eigenvalue weighted by Crippen LogP contribution is -2.25. The summed E-state index contributed by atoms with van der Waals surface area (Å²) in [7, 11) is 0. The van der Waals surface area contributed by atoms with E-state index in [0.29, 0.717) is 28.4 Å². The summed E-state index contributed by atoms with van der Waals surface area (Å²) in [4.78, 5) is 35.6. The van der Waals surface area contributed by atoms with Crippen LogP contribution in [0.5, 0.6) is 0 Å². The third kappa shape index (κ3) is 3.87. The molecule has 122 valence electrons. The molecular weight excluding hydrogens is 304 g/mol. The lowest BCUT2D eigenvalue weighted by atomic mass is 10.1. The van der Waals surface area contributed by atoms with Gasteiger partial charge in [-0.2, -0.15) is 0 Å². The van der Waals surface area contributed by atoms with Gasteiger partial charge in [-0.1, -0.05) is 12.1 Å². The molecule has 0 bridgehead atoms. The second kappa shape index (κ2) is 6.66. The normalized spacial score (nSPS) is 13.2. The second-order valence-electron chi connectivity index (χ2n) is 5.92. The molecule has 0 radical (unpaired) electrons. The minimum Gasteiger partial charge on any atom is -0.349 e. The molecule has 3 rings (SSSR count). The minimum absolute atomic E-state index is 0.0582. The maximum absolute atomic E-state index is 12.3. The quantitative estimate of drug-likeness (QED) is 0.831. The average molecular weight is 322 g/mol. The number of carbonyl (C=O) groups is 3. The van der Waals surface area contributed by atoms with Crippen LogP contribution >= 0.6 is 0 Å². The van der Waals surface area contributed by atoms with Gasteiger partial charge in [0.15, 0.2) is 5.78 Å². The van der Waals surface area contributed by atoms with E-state index in [2.05, 4.69) is 10.6 Å². The molecule has 1 fully saturated rings. The molecule has 1 aliphatic carbocycles. The van der Waals surface area contributed by atoms with Crippen molar-refractivity contribution in [2.24, 2.45) is 0 Å². The van der Waals surface area contributed by atoms with Crippen molar-refractivity contribution in [3.63, 3.8) is 0 Å². The Kier molecular flexibility index (Phi) is 4.42. The Balaban J connectivity index is 1.67. The van der Waals surface area contributed by atoms with Crippen LogP contribution in [-0.4, -0.2) is 23.6 Å². The van der Waals surface area contributed by atoms with Gasteiger partial charge in [0.1, 0.15) is 0 Å². The van der Waals surface area contributed by atoms with Gasteiger partial charge in [0.05, 0.1) is 0 Å². The minimum atomic E-state index is -0.287. The van der Waals surface area contributed by atoms with Gasteiger partial charge < -0.3 is 10.6 Å². The zero-order valence-electron chi connectivity index (χ0n) is 13.3. The fraction of sp³-hybridized carbons (Fsp3) is 0.211. The maximum atomic E-state index is 12.3. The van der Waals surface area contributed by atoms with E-state index < -0.39 is 0 Å². The zero-order valence-corrected chi connectivity index (χ0v) is 13.3. The van der Waals surface area contributed by atoms with Crippen LogP contribution in [0.2, 0.25) is 0 Å². The Hall–Kier alpha value is -2.95. The summed E-state index contributed by atoms with van der Waals surface area (Å²) in [6, 6.07) is 13.6. The van der Waals surface area contributed by atoms with Gasteiger partial charge in [0.2, 0.25) is 0 Å². The molecule has 5 nitrogen and oxygen atoms in total. The number of nitrogens with one attached hydrogen (secondary N) is 2. The third-order valence-corrected chi connectivity index (χ3v) is 3.85. The van der Waals surface area contributed by atoms with Crippen LogP contribution in [0.1, 0.15) is 50.8 Å². The maximum Gasteiger partial charge on any atom is 0.255 e. The molecule has 0 unspecified atom stereocenters. The van der Waals surface area contributed by atoms with E-state index >= 15 is 0 Å². The average Bonchev–Trinajstić information content (AvgIpc) is 3.39. The molecule has 0 spiro atoms. The predicted molar refractivity (Wildman–Crippen MR) is 91.3 cm³/mol. The Morgan fingerprint density at radius 1 is 0.875 bits per heavy atom. The zero-order chi connectivity index (χ0) is 17.1. The fourth-order valence-electron chi connectivity index (χ4n) is 2.29. The van der Waals surface area contributed by atoms with Gasteiger partial charge in [-0.05, 0) is 56.2 Å². The van der Waals surface area contributed by atoms with Crippen LogP contribution in [0.3, 0.4) is 0 Å². The van der Waals surface area contributed by atoms with Crippen molar-refractivity contribution in [1.29, 1.82) is 0 Å². The third-order valence-electron chi connectivity index (χ3n) is 3.85. The number of hydrogen-bond donors (Lipinski definition) is 2. The summed E-state index contributed by atoms with van der Waals surface area (Å²) in [5.41, 5.74) is 2.09. The second-order valence-corrected chi connectivity index (χ2v) is 5.92. The topological polar surface area (TPSA) is 75.3 Å². The Morgan fingerprint density at radius 3 is 2.08 bits per heavy atom. The van der Waals surface area contributed by atoms with Crippen molar-refractivity contribution in [3.8, 4) is 0 Å². The molecule has 0 atom stereocenters. The van der Waals surface area contributed by atoms with Crippen molar-refractivity contribution in [1.82, 2.24) is 5.32 Å². The first-order valence-corrected chi connectivity index (χ1v) is 7.86. The van der Waals surface area contributed by atoms with Crippen LogP contribution in [0.25, 0.3) is 0 Å². The van der Waals surface area contributed by atoms with Crippen molar-refractivity contribution in [2.75, 3.05) is 5.32 Å². The molecule has 0 aromatic heterocycles. The summed E-state index contributed by atoms with van der Waals surface area (Å²) in [5, 5.41) is 5.66. The first kappa shape index (κ1) is 15.9. The van der Waals surface area contributed by atoms with Gasteiger partial charge in [-0.3, -0.25) is 14.4 Å². The molecule has 0 aliphatic heterocycles. The SMILES string of the molecule is CC(=O)c1cccc(NC(=O)c2ccc(C(=O)NC3CC3)cc2)c1.